The number of benzene rings is 1. The topological polar surface area (TPSA) is 9.23 Å². The molecule has 0 amide bonds. The highest BCUT2D eigenvalue weighted by Gasteiger charge is 1.95. The van der Waals surface area contributed by atoms with Gasteiger partial charge in [0, 0.05) is 4.47 Å². The molecular formula is C11H13BrO. The molecule has 1 rings (SSSR count). The predicted molar refractivity (Wildman–Crippen MR) is 60.0 cm³/mol. The van der Waals surface area contributed by atoms with Crippen LogP contribution in [0.4, 0.5) is 0 Å². The third-order valence-corrected chi connectivity index (χ3v) is 2.13. The molecule has 1 nitrogen and oxygen atoms in total. The fourth-order valence-corrected chi connectivity index (χ4v) is 1.54. The van der Waals surface area contributed by atoms with Gasteiger partial charge in [-0.1, -0.05) is 35.0 Å². The third-order valence-electron chi connectivity index (χ3n) is 1.68. The predicted octanol–water partition coefficient (Wildman–Crippen LogP) is 3.88. The third kappa shape index (κ3) is 3.23. The van der Waals surface area contributed by atoms with E-state index in [1.807, 2.05) is 12.1 Å². The molecule has 0 fully saturated rings. The molecule has 1 aromatic carbocycles. The molecular weight excluding hydrogens is 228 g/mol. The largest absolute Gasteiger partial charge is 0.497 e. The number of halogens is 1. The summed E-state index contributed by atoms with van der Waals surface area (Å²) in [5.74, 6) is 0.880. The Balaban J connectivity index is 2.94. The second-order valence-corrected chi connectivity index (χ2v) is 3.65. The molecule has 0 aliphatic rings. The van der Waals surface area contributed by atoms with Gasteiger partial charge in [-0.05, 0) is 30.2 Å². The molecule has 0 saturated heterocycles. The average molecular weight is 241 g/mol. The van der Waals surface area contributed by atoms with Gasteiger partial charge in [-0.3, -0.25) is 0 Å². The Morgan fingerprint density at radius 1 is 1.38 bits per heavy atom. The van der Waals surface area contributed by atoms with Crippen molar-refractivity contribution < 1.29 is 4.74 Å². The Bertz CT molecular complexity index is 305. The lowest BCUT2D eigenvalue weighted by atomic mass is 10.2. The maximum Gasteiger partial charge on any atom is 0.120 e. The molecule has 13 heavy (non-hydrogen) atoms. The normalized spacial score (nSPS) is 10.7. The van der Waals surface area contributed by atoms with E-state index in [4.69, 9.17) is 4.74 Å². The number of methoxy groups -OCH3 is 1. The lowest BCUT2D eigenvalue weighted by Gasteiger charge is -2.02. The van der Waals surface area contributed by atoms with Crippen LogP contribution in [-0.4, -0.2) is 7.11 Å². The van der Waals surface area contributed by atoms with Crippen LogP contribution in [0.25, 0.3) is 6.08 Å². The fourth-order valence-electron chi connectivity index (χ4n) is 1.05. The van der Waals surface area contributed by atoms with Crippen LogP contribution in [-0.2, 0) is 0 Å². The van der Waals surface area contributed by atoms with Gasteiger partial charge in [0.25, 0.3) is 0 Å². The quantitative estimate of drug-likeness (QED) is 0.780. The first-order chi connectivity index (χ1) is 6.26. The highest BCUT2D eigenvalue weighted by molar-refractivity contribution is 9.10. The van der Waals surface area contributed by atoms with Crippen molar-refractivity contribution in [3.05, 3.63) is 34.3 Å². The van der Waals surface area contributed by atoms with Gasteiger partial charge in [0.15, 0.2) is 0 Å². The Kier molecular flexibility index (Phi) is 4.03. The van der Waals surface area contributed by atoms with Gasteiger partial charge >= 0.3 is 0 Å². The maximum atomic E-state index is 5.15. The van der Waals surface area contributed by atoms with Crippen LogP contribution in [0.15, 0.2) is 28.7 Å². The second kappa shape index (κ2) is 5.07. The number of hydrogen-bond acceptors (Lipinski definition) is 1. The number of allylic oxidation sites excluding steroid dienone is 1. The van der Waals surface area contributed by atoms with Gasteiger partial charge in [0.05, 0.1) is 7.11 Å². The molecule has 0 bridgehead atoms. The first-order valence-corrected chi connectivity index (χ1v) is 5.06. The summed E-state index contributed by atoms with van der Waals surface area (Å²) in [6.07, 6.45) is 5.27. The molecule has 2 heteroatoms. The van der Waals surface area contributed by atoms with Gasteiger partial charge in [-0.25, -0.2) is 0 Å². The van der Waals surface area contributed by atoms with E-state index in [9.17, 15) is 0 Å². The van der Waals surface area contributed by atoms with Gasteiger partial charge in [-0.15, -0.1) is 0 Å². The van der Waals surface area contributed by atoms with Crippen LogP contribution in [0.5, 0.6) is 5.75 Å². The van der Waals surface area contributed by atoms with Crippen LogP contribution < -0.4 is 4.74 Å². The monoisotopic (exact) mass is 240 g/mol. The zero-order valence-electron chi connectivity index (χ0n) is 7.88. The molecule has 0 atom stereocenters. The summed E-state index contributed by atoms with van der Waals surface area (Å²) in [6, 6.07) is 6.02. The molecule has 0 aliphatic heterocycles. The van der Waals surface area contributed by atoms with Crippen molar-refractivity contribution in [1.29, 1.82) is 0 Å². The zero-order chi connectivity index (χ0) is 9.68. The Labute approximate surface area is 87.5 Å². The van der Waals surface area contributed by atoms with Gasteiger partial charge in [0.1, 0.15) is 5.75 Å². The first kappa shape index (κ1) is 10.3. The van der Waals surface area contributed by atoms with Crippen molar-refractivity contribution >= 4 is 22.0 Å². The van der Waals surface area contributed by atoms with E-state index in [0.717, 1.165) is 22.2 Å². The Morgan fingerprint density at radius 2 is 2.15 bits per heavy atom. The number of rotatable bonds is 3. The molecule has 70 valence electrons. The summed E-state index contributed by atoms with van der Waals surface area (Å²) >= 11 is 3.43. The van der Waals surface area contributed by atoms with Crippen molar-refractivity contribution in [3.8, 4) is 5.75 Å². The highest BCUT2D eigenvalue weighted by atomic mass is 79.9. The first-order valence-electron chi connectivity index (χ1n) is 4.27. The van der Waals surface area contributed by atoms with Crippen LogP contribution in [0.3, 0.4) is 0 Å². The van der Waals surface area contributed by atoms with E-state index >= 15 is 0 Å². The lowest BCUT2D eigenvalue weighted by Crippen LogP contribution is -1.83. The Hall–Kier alpha value is -0.760. The standard InChI is InChI=1S/C11H13BrO/c1-3-4-5-9-6-10(12)8-11(7-9)13-2/h4-8H,3H2,1-2H3/b5-4+. The minimum atomic E-state index is 0.880. The molecule has 0 spiro atoms. The molecule has 1 aromatic rings. The smallest absolute Gasteiger partial charge is 0.120 e. The molecule has 0 heterocycles. The van der Waals surface area contributed by atoms with Gasteiger partial charge in [-0.2, -0.15) is 0 Å². The highest BCUT2D eigenvalue weighted by Crippen LogP contribution is 2.21. The lowest BCUT2D eigenvalue weighted by molar-refractivity contribution is 0.414. The summed E-state index contributed by atoms with van der Waals surface area (Å²) in [5.41, 5.74) is 1.16. The molecule has 0 unspecified atom stereocenters. The van der Waals surface area contributed by atoms with Crippen LogP contribution in [0.2, 0.25) is 0 Å². The van der Waals surface area contributed by atoms with Gasteiger partial charge in [0.2, 0.25) is 0 Å². The summed E-state index contributed by atoms with van der Waals surface area (Å²) < 4.78 is 6.20. The Morgan fingerprint density at radius 3 is 2.77 bits per heavy atom. The van der Waals surface area contributed by atoms with Gasteiger partial charge < -0.3 is 4.74 Å². The van der Waals surface area contributed by atoms with E-state index in [0.29, 0.717) is 0 Å². The van der Waals surface area contributed by atoms with Crippen LogP contribution in [0, 0.1) is 0 Å². The molecule has 0 radical (unpaired) electrons. The summed E-state index contributed by atoms with van der Waals surface area (Å²) in [7, 11) is 1.68. The van der Waals surface area contributed by atoms with E-state index in [2.05, 4.69) is 41.1 Å². The second-order valence-electron chi connectivity index (χ2n) is 2.74. The van der Waals surface area contributed by atoms with Crippen molar-refractivity contribution in [3.63, 3.8) is 0 Å². The zero-order valence-corrected chi connectivity index (χ0v) is 9.47. The average Bonchev–Trinajstić information content (AvgIpc) is 2.14. The van der Waals surface area contributed by atoms with Crippen molar-refractivity contribution in [1.82, 2.24) is 0 Å². The molecule has 0 aromatic heterocycles. The van der Waals surface area contributed by atoms with Crippen molar-refractivity contribution in [2.24, 2.45) is 0 Å². The van der Waals surface area contributed by atoms with E-state index < -0.39 is 0 Å². The van der Waals surface area contributed by atoms with Crippen molar-refractivity contribution in [2.45, 2.75) is 13.3 Å². The molecule has 0 N–H and O–H groups in total. The fraction of sp³-hybridized carbons (Fsp3) is 0.273. The molecule has 0 saturated carbocycles. The van der Waals surface area contributed by atoms with Crippen molar-refractivity contribution in [2.75, 3.05) is 7.11 Å². The van der Waals surface area contributed by atoms with Crippen LogP contribution >= 0.6 is 15.9 Å². The van der Waals surface area contributed by atoms with E-state index in [1.54, 1.807) is 7.11 Å². The number of ether oxygens (including phenoxy) is 1. The summed E-state index contributed by atoms with van der Waals surface area (Å²) in [4.78, 5) is 0. The SMILES string of the molecule is CC/C=C/c1cc(Br)cc(OC)c1. The number of hydrogen-bond donors (Lipinski definition) is 0. The summed E-state index contributed by atoms with van der Waals surface area (Å²) in [5, 5.41) is 0. The minimum Gasteiger partial charge on any atom is -0.497 e. The van der Waals surface area contributed by atoms with Crippen LogP contribution in [0.1, 0.15) is 18.9 Å². The summed E-state index contributed by atoms with van der Waals surface area (Å²) in [6.45, 7) is 2.12. The maximum absolute atomic E-state index is 5.15. The minimum absolute atomic E-state index is 0.880. The van der Waals surface area contributed by atoms with E-state index in [-0.39, 0.29) is 0 Å². The van der Waals surface area contributed by atoms with E-state index in [1.165, 1.54) is 0 Å². The molecule has 0 aliphatic carbocycles.